The number of nitriles is 1. The summed E-state index contributed by atoms with van der Waals surface area (Å²) in [4.78, 5) is 0. The molecule has 12 heavy (non-hydrogen) atoms. The predicted molar refractivity (Wildman–Crippen MR) is 41.5 cm³/mol. The Bertz CT molecular complexity index is 326. The zero-order chi connectivity index (χ0) is 8.39. The minimum atomic E-state index is -0.0982. The van der Waals surface area contributed by atoms with Gasteiger partial charge in [0.1, 0.15) is 12.4 Å². The zero-order valence-electron chi connectivity index (χ0n) is 6.36. The van der Waals surface area contributed by atoms with Crippen LogP contribution in [0.5, 0.6) is 5.75 Å². The van der Waals surface area contributed by atoms with Crippen LogP contribution in [0.15, 0.2) is 24.3 Å². The molecule has 1 aromatic rings. The maximum atomic E-state index is 8.57. The maximum absolute atomic E-state index is 8.57. The number of hydrogen-bond donors (Lipinski definition) is 0. The lowest BCUT2D eigenvalue weighted by Crippen LogP contribution is -1.97. The van der Waals surface area contributed by atoms with Crippen LogP contribution < -0.4 is 4.74 Å². The van der Waals surface area contributed by atoms with Gasteiger partial charge in [0.2, 0.25) is 6.29 Å². The molecule has 60 valence electrons. The van der Waals surface area contributed by atoms with Gasteiger partial charge in [0.05, 0.1) is 11.6 Å². The van der Waals surface area contributed by atoms with Gasteiger partial charge in [-0.05, 0) is 18.2 Å². The van der Waals surface area contributed by atoms with Gasteiger partial charge in [-0.1, -0.05) is 6.07 Å². The Kier molecular flexibility index (Phi) is 1.69. The normalized spacial score (nSPS) is 19.8. The first kappa shape index (κ1) is 7.14. The molecule has 1 heterocycles. The highest BCUT2D eigenvalue weighted by Crippen LogP contribution is 2.19. The van der Waals surface area contributed by atoms with E-state index in [2.05, 4.69) is 0 Å². The average molecular weight is 161 g/mol. The van der Waals surface area contributed by atoms with Crippen molar-refractivity contribution in [3.05, 3.63) is 29.8 Å². The summed E-state index contributed by atoms with van der Waals surface area (Å²) in [7, 11) is 0. The minimum absolute atomic E-state index is 0.0982. The van der Waals surface area contributed by atoms with Crippen LogP contribution in [-0.2, 0) is 4.74 Å². The molecule has 1 aliphatic heterocycles. The Balaban J connectivity index is 2.15. The van der Waals surface area contributed by atoms with Crippen LogP contribution in [0.1, 0.15) is 5.56 Å². The predicted octanol–water partition coefficient (Wildman–Crippen LogP) is 1.29. The van der Waals surface area contributed by atoms with Gasteiger partial charge >= 0.3 is 0 Å². The van der Waals surface area contributed by atoms with E-state index in [-0.39, 0.29) is 6.29 Å². The molecule has 0 aromatic heterocycles. The summed E-state index contributed by atoms with van der Waals surface area (Å²) in [5, 5.41) is 8.57. The molecule has 0 saturated carbocycles. The van der Waals surface area contributed by atoms with Crippen molar-refractivity contribution < 1.29 is 9.47 Å². The molecular weight excluding hydrogens is 154 g/mol. The molecule has 1 aliphatic rings. The molecule has 0 bridgehead atoms. The number of nitrogens with zero attached hydrogens (tertiary/aromatic N) is 1. The van der Waals surface area contributed by atoms with Crippen LogP contribution >= 0.6 is 0 Å². The number of epoxide rings is 1. The fourth-order valence-electron chi connectivity index (χ4n) is 0.898. The van der Waals surface area contributed by atoms with Crippen LogP contribution in [0.4, 0.5) is 0 Å². The van der Waals surface area contributed by atoms with Gasteiger partial charge in [-0.3, -0.25) is 0 Å². The highest BCUT2D eigenvalue weighted by Gasteiger charge is 2.24. The first-order valence-electron chi connectivity index (χ1n) is 3.67. The molecule has 1 aromatic carbocycles. The Hall–Kier alpha value is -1.53. The third-order valence-electron chi connectivity index (χ3n) is 1.53. The Morgan fingerprint density at radius 1 is 1.58 bits per heavy atom. The van der Waals surface area contributed by atoms with Gasteiger partial charge in [-0.2, -0.15) is 5.26 Å². The van der Waals surface area contributed by atoms with E-state index >= 15 is 0 Å². The van der Waals surface area contributed by atoms with E-state index in [9.17, 15) is 0 Å². The van der Waals surface area contributed by atoms with E-state index in [0.717, 1.165) is 0 Å². The summed E-state index contributed by atoms with van der Waals surface area (Å²) in [6, 6.07) is 9.07. The molecule has 3 heteroatoms. The lowest BCUT2D eigenvalue weighted by molar-refractivity contribution is 0.179. The summed E-state index contributed by atoms with van der Waals surface area (Å²) in [5.74, 6) is 0.691. The van der Waals surface area contributed by atoms with Gasteiger partial charge in [-0.15, -0.1) is 0 Å². The molecule has 0 radical (unpaired) electrons. The molecule has 1 saturated heterocycles. The van der Waals surface area contributed by atoms with Crippen molar-refractivity contribution in [2.75, 3.05) is 6.61 Å². The number of ether oxygens (including phenoxy) is 2. The largest absolute Gasteiger partial charge is 0.462 e. The molecule has 0 aliphatic carbocycles. The molecule has 3 nitrogen and oxygen atoms in total. The van der Waals surface area contributed by atoms with E-state index in [0.29, 0.717) is 17.9 Å². The Morgan fingerprint density at radius 2 is 2.42 bits per heavy atom. The molecular formula is C9H7NO2. The van der Waals surface area contributed by atoms with Crippen LogP contribution in [-0.4, -0.2) is 12.9 Å². The second-order valence-corrected chi connectivity index (χ2v) is 2.52. The summed E-state index contributed by atoms with van der Waals surface area (Å²) >= 11 is 0. The number of benzene rings is 1. The monoisotopic (exact) mass is 161 g/mol. The van der Waals surface area contributed by atoms with Gasteiger partial charge in [0.25, 0.3) is 0 Å². The van der Waals surface area contributed by atoms with Gasteiger partial charge in [0, 0.05) is 0 Å². The van der Waals surface area contributed by atoms with Crippen molar-refractivity contribution in [2.24, 2.45) is 0 Å². The van der Waals surface area contributed by atoms with E-state index in [1.165, 1.54) is 0 Å². The van der Waals surface area contributed by atoms with E-state index in [1.807, 2.05) is 12.1 Å². The van der Waals surface area contributed by atoms with Crippen LogP contribution in [0.2, 0.25) is 0 Å². The first-order valence-corrected chi connectivity index (χ1v) is 3.67. The Morgan fingerprint density at radius 3 is 3.08 bits per heavy atom. The van der Waals surface area contributed by atoms with E-state index in [1.54, 1.807) is 18.2 Å². The van der Waals surface area contributed by atoms with Crippen LogP contribution in [0.25, 0.3) is 0 Å². The van der Waals surface area contributed by atoms with Crippen molar-refractivity contribution in [1.29, 1.82) is 5.26 Å². The molecule has 2 rings (SSSR count). The van der Waals surface area contributed by atoms with Gasteiger partial charge < -0.3 is 9.47 Å². The van der Waals surface area contributed by atoms with E-state index in [4.69, 9.17) is 14.7 Å². The SMILES string of the molecule is N#Cc1cccc(O[C@H]2CO2)c1. The fourth-order valence-corrected chi connectivity index (χ4v) is 0.898. The standard InChI is InChI=1S/C9H7NO2/c10-5-7-2-1-3-8(4-7)12-9-6-11-9/h1-4,9H,6H2/t9-/m0/s1. The van der Waals surface area contributed by atoms with Crippen LogP contribution in [0, 0.1) is 11.3 Å². The topological polar surface area (TPSA) is 45.5 Å². The van der Waals surface area contributed by atoms with Gasteiger partial charge in [0.15, 0.2) is 0 Å². The maximum Gasteiger partial charge on any atom is 0.223 e. The van der Waals surface area contributed by atoms with Crippen molar-refractivity contribution in [3.8, 4) is 11.8 Å². The average Bonchev–Trinajstić information content (AvgIpc) is 2.89. The molecule has 0 unspecified atom stereocenters. The van der Waals surface area contributed by atoms with E-state index < -0.39 is 0 Å². The molecule has 1 fully saturated rings. The lowest BCUT2D eigenvalue weighted by Gasteiger charge is -2.00. The van der Waals surface area contributed by atoms with Crippen molar-refractivity contribution in [2.45, 2.75) is 6.29 Å². The summed E-state index contributed by atoms with van der Waals surface area (Å²) < 4.78 is 10.2. The molecule has 0 amide bonds. The minimum Gasteiger partial charge on any atom is -0.462 e. The molecule has 1 atom stereocenters. The first-order chi connectivity index (χ1) is 5.88. The zero-order valence-corrected chi connectivity index (χ0v) is 6.36. The second kappa shape index (κ2) is 2.84. The third kappa shape index (κ3) is 1.55. The lowest BCUT2D eigenvalue weighted by atomic mass is 10.2. The van der Waals surface area contributed by atoms with Crippen molar-refractivity contribution in [3.63, 3.8) is 0 Å². The fraction of sp³-hybridized carbons (Fsp3) is 0.222. The summed E-state index contributed by atoms with van der Waals surface area (Å²) in [6.07, 6.45) is -0.0982. The Labute approximate surface area is 70.1 Å². The molecule has 0 spiro atoms. The number of rotatable bonds is 2. The quantitative estimate of drug-likeness (QED) is 0.614. The number of hydrogen-bond acceptors (Lipinski definition) is 3. The van der Waals surface area contributed by atoms with Crippen molar-refractivity contribution in [1.82, 2.24) is 0 Å². The van der Waals surface area contributed by atoms with Gasteiger partial charge in [-0.25, -0.2) is 0 Å². The highest BCUT2D eigenvalue weighted by molar-refractivity contribution is 5.36. The summed E-state index contributed by atoms with van der Waals surface area (Å²) in [5.41, 5.74) is 0.605. The highest BCUT2D eigenvalue weighted by atomic mass is 16.8. The summed E-state index contributed by atoms with van der Waals surface area (Å²) in [6.45, 7) is 0.650. The smallest absolute Gasteiger partial charge is 0.223 e. The van der Waals surface area contributed by atoms with Crippen LogP contribution in [0.3, 0.4) is 0 Å². The second-order valence-electron chi connectivity index (χ2n) is 2.52. The van der Waals surface area contributed by atoms with Crippen molar-refractivity contribution >= 4 is 0 Å². The third-order valence-corrected chi connectivity index (χ3v) is 1.53. The molecule has 0 N–H and O–H groups in total.